The Morgan fingerprint density at radius 3 is 2.24 bits per heavy atom. The van der Waals surface area contributed by atoms with E-state index in [-0.39, 0.29) is 0 Å². The SMILES string of the molecule is CCC(c1ccncc1)c1ccc(-c2ccccc2)nc1. The van der Waals surface area contributed by atoms with Gasteiger partial charge in [-0.3, -0.25) is 9.97 Å². The van der Waals surface area contributed by atoms with Gasteiger partial charge in [-0.05, 0) is 35.7 Å². The monoisotopic (exact) mass is 274 g/mol. The van der Waals surface area contributed by atoms with Crippen molar-refractivity contribution in [1.82, 2.24) is 9.97 Å². The lowest BCUT2D eigenvalue weighted by molar-refractivity contribution is 0.771. The van der Waals surface area contributed by atoms with Crippen molar-refractivity contribution in [3.8, 4) is 11.3 Å². The first kappa shape index (κ1) is 13.5. The van der Waals surface area contributed by atoms with E-state index in [1.54, 1.807) is 0 Å². The minimum Gasteiger partial charge on any atom is -0.265 e. The van der Waals surface area contributed by atoms with Crippen LogP contribution in [0.15, 0.2) is 73.2 Å². The Bertz CT molecular complexity index is 676. The average Bonchev–Trinajstić information content (AvgIpc) is 2.58. The molecule has 1 aromatic carbocycles. The molecule has 2 aromatic heterocycles. The van der Waals surface area contributed by atoms with Gasteiger partial charge in [-0.25, -0.2) is 0 Å². The second kappa shape index (κ2) is 6.31. The molecular weight excluding hydrogens is 256 g/mol. The van der Waals surface area contributed by atoms with Crippen molar-refractivity contribution >= 4 is 0 Å². The van der Waals surface area contributed by atoms with Gasteiger partial charge in [0.05, 0.1) is 5.69 Å². The smallest absolute Gasteiger partial charge is 0.0702 e. The van der Waals surface area contributed by atoms with E-state index in [2.05, 4.69) is 53.3 Å². The number of aromatic nitrogens is 2. The number of hydrogen-bond acceptors (Lipinski definition) is 2. The standard InChI is InChI=1S/C19H18N2/c1-2-18(15-10-12-20-13-11-15)17-8-9-19(21-14-17)16-6-4-3-5-7-16/h3-14,18H,2H2,1H3. The van der Waals surface area contributed by atoms with Gasteiger partial charge in [0.2, 0.25) is 0 Å². The lowest BCUT2D eigenvalue weighted by Crippen LogP contribution is -2.00. The summed E-state index contributed by atoms with van der Waals surface area (Å²) in [6.45, 7) is 2.20. The molecule has 0 saturated carbocycles. The van der Waals surface area contributed by atoms with Crippen molar-refractivity contribution in [2.45, 2.75) is 19.3 Å². The van der Waals surface area contributed by atoms with Gasteiger partial charge >= 0.3 is 0 Å². The Morgan fingerprint density at radius 2 is 1.62 bits per heavy atom. The van der Waals surface area contributed by atoms with Crippen LogP contribution in [0.3, 0.4) is 0 Å². The molecule has 1 atom stereocenters. The van der Waals surface area contributed by atoms with Crippen molar-refractivity contribution in [2.75, 3.05) is 0 Å². The van der Waals surface area contributed by atoms with Crippen LogP contribution in [-0.4, -0.2) is 9.97 Å². The predicted octanol–water partition coefficient (Wildman–Crippen LogP) is 4.69. The second-order valence-electron chi connectivity index (χ2n) is 5.08. The van der Waals surface area contributed by atoms with Crippen LogP contribution in [0.5, 0.6) is 0 Å². The quantitative estimate of drug-likeness (QED) is 0.690. The van der Waals surface area contributed by atoms with Crippen molar-refractivity contribution in [1.29, 1.82) is 0 Å². The summed E-state index contributed by atoms with van der Waals surface area (Å²) in [6.07, 6.45) is 6.75. The van der Waals surface area contributed by atoms with Gasteiger partial charge in [0.15, 0.2) is 0 Å². The number of rotatable bonds is 4. The van der Waals surface area contributed by atoms with Gasteiger partial charge in [0.25, 0.3) is 0 Å². The second-order valence-corrected chi connectivity index (χ2v) is 5.08. The predicted molar refractivity (Wildman–Crippen MR) is 86.0 cm³/mol. The van der Waals surface area contributed by atoms with E-state index in [0.717, 1.165) is 17.7 Å². The molecule has 0 aliphatic heterocycles. The molecule has 0 radical (unpaired) electrons. The van der Waals surface area contributed by atoms with Crippen LogP contribution in [0.25, 0.3) is 11.3 Å². The molecule has 0 amide bonds. The molecule has 0 N–H and O–H groups in total. The zero-order valence-corrected chi connectivity index (χ0v) is 12.1. The summed E-state index contributed by atoms with van der Waals surface area (Å²) in [5.41, 5.74) is 4.72. The largest absolute Gasteiger partial charge is 0.265 e. The van der Waals surface area contributed by atoms with E-state index < -0.39 is 0 Å². The summed E-state index contributed by atoms with van der Waals surface area (Å²) in [5, 5.41) is 0. The van der Waals surface area contributed by atoms with Crippen LogP contribution in [-0.2, 0) is 0 Å². The topological polar surface area (TPSA) is 25.8 Å². The fraction of sp³-hybridized carbons (Fsp3) is 0.158. The fourth-order valence-electron chi connectivity index (χ4n) is 2.65. The minimum absolute atomic E-state index is 0.380. The lowest BCUT2D eigenvalue weighted by atomic mass is 9.90. The molecule has 0 aliphatic rings. The maximum atomic E-state index is 4.63. The third kappa shape index (κ3) is 3.00. The van der Waals surface area contributed by atoms with Gasteiger partial charge in [0.1, 0.15) is 0 Å². The first-order valence-electron chi connectivity index (χ1n) is 7.29. The first-order chi connectivity index (χ1) is 10.4. The molecule has 2 heteroatoms. The molecular formula is C19H18N2. The highest BCUT2D eigenvalue weighted by molar-refractivity contribution is 5.58. The van der Waals surface area contributed by atoms with Crippen LogP contribution in [0.2, 0.25) is 0 Å². The van der Waals surface area contributed by atoms with Crippen molar-refractivity contribution in [3.63, 3.8) is 0 Å². The molecule has 3 rings (SSSR count). The Labute approximate surface area is 125 Å². The molecule has 2 nitrogen and oxygen atoms in total. The summed E-state index contributed by atoms with van der Waals surface area (Å²) in [4.78, 5) is 8.72. The van der Waals surface area contributed by atoms with Gasteiger partial charge in [-0.1, -0.05) is 43.3 Å². The molecule has 0 fully saturated rings. The van der Waals surface area contributed by atoms with Crippen LogP contribution in [0.4, 0.5) is 0 Å². The average molecular weight is 274 g/mol. The molecule has 104 valence electrons. The van der Waals surface area contributed by atoms with Crippen LogP contribution >= 0.6 is 0 Å². The molecule has 0 spiro atoms. The third-order valence-corrected chi connectivity index (χ3v) is 3.78. The molecule has 0 bridgehead atoms. The molecule has 0 saturated heterocycles. The minimum atomic E-state index is 0.380. The van der Waals surface area contributed by atoms with Gasteiger partial charge < -0.3 is 0 Å². The van der Waals surface area contributed by atoms with Crippen molar-refractivity contribution < 1.29 is 0 Å². The molecule has 2 heterocycles. The molecule has 3 aromatic rings. The Hall–Kier alpha value is -2.48. The highest BCUT2D eigenvalue weighted by atomic mass is 14.7. The van der Waals surface area contributed by atoms with E-state index >= 15 is 0 Å². The normalized spacial score (nSPS) is 12.0. The molecule has 0 aliphatic carbocycles. The highest BCUT2D eigenvalue weighted by Crippen LogP contribution is 2.28. The van der Waals surface area contributed by atoms with Gasteiger partial charge in [-0.2, -0.15) is 0 Å². The summed E-state index contributed by atoms with van der Waals surface area (Å²) < 4.78 is 0. The summed E-state index contributed by atoms with van der Waals surface area (Å²) in [7, 11) is 0. The fourth-order valence-corrected chi connectivity index (χ4v) is 2.65. The Kier molecular flexibility index (Phi) is 4.06. The van der Waals surface area contributed by atoms with E-state index in [1.807, 2.05) is 36.8 Å². The van der Waals surface area contributed by atoms with Crippen LogP contribution in [0.1, 0.15) is 30.4 Å². The highest BCUT2D eigenvalue weighted by Gasteiger charge is 2.12. The van der Waals surface area contributed by atoms with Gasteiger partial charge in [-0.15, -0.1) is 0 Å². The lowest BCUT2D eigenvalue weighted by Gasteiger charge is -2.15. The summed E-state index contributed by atoms with van der Waals surface area (Å²) in [5.74, 6) is 0.380. The molecule has 21 heavy (non-hydrogen) atoms. The van der Waals surface area contributed by atoms with Crippen molar-refractivity contribution in [3.05, 3.63) is 84.3 Å². The number of pyridine rings is 2. The maximum absolute atomic E-state index is 4.63. The van der Waals surface area contributed by atoms with Crippen LogP contribution < -0.4 is 0 Å². The van der Waals surface area contributed by atoms with E-state index in [0.29, 0.717) is 5.92 Å². The van der Waals surface area contributed by atoms with E-state index in [9.17, 15) is 0 Å². The Balaban J connectivity index is 1.90. The zero-order chi connectivity index (χ0) is 14.5. The number of nitrogens with zero attached hydrogens (tertiary/aromatic N) is 2. The first-order valence-corrected chi connectivity index (χ1v) is 7.29. The zero-order valence-electron chi connectivity index (χ0n) is 12.1. The molecule has 1 unspecified atom stereocenters. The van der Waals surface area contributed by atoms with Crippen molar-refractivity contribution in [2.24, 2.45) is 0 Å². The van der Waals surface area contributed by atoms with Gasteiger partial charge in [0, 0.05) is 30.1 Å². The number of hydrogen-bond donors (Lipinski definition) is 0. The third-order valence-electron chi connectivity index (χ3n) is 3.78. The van der Waals surface area contributed by atoms with E-state index in [4.69, 9.17) is 0 Å². The number of benzene rings is 1. The summed E-state index contributed by atoms with van der Waals surface area (Å²) in [6, 6.07) is 18.7. The summed E-state index contributed by atoms with van der Waals surface area (Å²) >= 11 is 0. The van der Waals surface area contributed by atoms with E-state index in [1.165, 1.54) is 11.1 Å². The Morgan fingerprint density at radius 1 is 0.857 bits per heavy atom. The van der Waals surface area contributed by atoms with Crippen LogP contribution in [0, 0.1) is 0 Å². The maximum Gasteiger partial charge on any atom is 0.0702 e.